The van der Waals surface area contributed by atoms with Gasteiger partial charge < -0.3 is 5.32 Å². The van der Waals surface area contributed by atoms with Gasteiger partial charge in [-0.1, -0.05) is 6.42 Å². The van der Waals surface area contributed by atoms with Gasteiger partial charge >= 0.3 is 0 Å². The van der Waals surface area contributed by atoms with E-state index in [1.807, 2.05) is 5.01 Å². The summed E-state index contributed by atoms with van der Waals surface area (Å²) in [6, 6.07) is 0.710. The van der Waals surface area contributed by atoms with Crippen LogP contribution < -0.4 is 10.7 Å². The van der Waals surface area contributed by atoms with Crippen LogP contribution in [-0.4, -0.2) is 40.0 Å². The Kier molecular flexibility index (Phi) is 4.31. The van der Waals surface area contributed by atoms with Crippen LogP contribution in [0.3, 0.4) is 0 Å². The van der Waals surface area contributed by atoms with Crippen molar-refractivity contribution in [2.24, 2.45) is 0 Å². The van der Waals surface area contributed by atoms with Gasteiger partial charge in [-0.25, -0.2) is 9.99 Å². The molecule has 1 aromatic heterocycles. The number of nitrogens with zero attached hydrogens (tertiary/aromatic N) is 3. The van der Waals surface area contributed by atoms with Gasteiger partial charge in [0.2, 0.25) is 0 Å². The Labute approximate surface area is 113 Å². The number of aromatic nitrogens is 2. The first kappa shape index (κ1) is 13.7. The zero-order valence-corrected chi connectivity index (χ0v) is 11.7. The molecule has 1 amide bonds. The summed E-state index contributed by atoms with van der Waals surface area (Å²) >= 11 is 0. The van der Waals surface area contributed by atoms with Crippen LogP contribution in [0.1, 0.15) is 43.6 Å². The van der Waals surface area contributed by atoms with E-state index in [0.717, 1.165) is 12.8 Å². The average Bonchev–Trinajstić information content (AvgIpc) is 2.43. The van der Waals surface area contributed by atoms with Crippen LogP contribution in [0.5, 0.6) is 0 Å². The van der Waals surface area contributed by atoms with Crippen molar-refractivity contribution in [1.82, 2.24) is 20.4 Å². The number of nitrogens with one attached hydrogen (secondary N) is 2. The lowest BCUT2D eigenvalue weighted by Crippen LogP contribution is -2.54. The van der Waals surface area contributed by atoms with Crippen molar-refractivity contribution in [3.05, 3.63) is 18.1 Å². The van der Waals surface area contributed by atoms with E-state index in [-0.39, 0.29) is 5.91 Å². The maximum absolute atomic E-state index is 12.2. The van der Waals surface area contributed by atoms with E-state index in [0.29, 0.717) is 23.6 Å². The molecule has 0 aliphatic carbocycles. The molecule has 0 saturated carbocycles. The second-order valence-electron chi connectivity index (χ2n) is 5.02. The van der Waals surface area contributed by atoms with Crippen molar-refractivity contribution < 1.29 is 4.79 Å². The molecule has 1 aliphatic heterocycles. The van der Waals surface area contributed by atoms with Crippen LogP contribution in [0.25, 0.3) is 0 Å². The van der Waals surface area contributed by atoms with Gasteiger partial charge in [0.25, 0.3) is 5.91 Å². The summed E-state index contributed by atoms with van der Waals surface area (Å²) in [5, 5.41) is 4.90. The Bertz CT molecular complexity index is 440. The summed E-state index contributed by atoms with van der Waals surface area (Å²) in [6.07, 6.45) is 6.49. The molecule has 2 heterocycles. The number of hydrazine groups is 1. The van der Waals surface area contributed by atoms with Crippen molar-refractivity contribution >= 4 is 11.7 Å². The highest BCUT2D eigenvalue weighted by Gasteiger charge is 2.26. The maximum atomic E-state index is 12.2. The zero-order chi connectivity index (χ0) is 13.8. The Hall–Kier alpha value is -1.69. The largest absolute Gasteiger partial charge is 0.372 e. The Morgan fingerprint density at radius 1 is 1.32 bits per heavy atom. The Morgan fingerprint density at radius 3 is 2.63 bits per heavy atom. The molecule has 19 heavy (non-hydrogen) atoms. The lowest BCUT2D eigenvalue weighted by atomic mass is 10.00. The minimum absolute atomic E-state index is 0.204. The second kappa shape index (κ2) is 5.97. The van der Waals surface area contributed by atoms with E-state index in [1.165, 1.54) is 12.6 Å². The fourth-order valence-electron chi connectivity index (χ4n) is 2.41. The Morgan fingerprint density at radius 2 is 2.00 bits per heavy atom. The smallest absolute Gasteiger partial charge is 0.285 e. The molecule has 2 rings (SSSR count). The van der Waals surface area contributed by atoms with Gasteiger partial charge in [-0.3, -0.25) is 15.2 Å². The highest BCUT2D eigenvalue weighted by molar-refractivity contribution is 5.91. The van der Waals surface area contributed by atoms with Gasteiger partial charge in [0.15, 0.2) is 0 Å². The lowest BCUT2D eigenvalue weighted by molar-refractivity contribution is 0.0366. The lowest BCUT2D eigenvalue weighted by Gasteiger charge is -2.38. The first-order chi connectivity index (χ1) is 9.11. The van der Waals surface area contributed by atoms with Gasteiger partial charge in [0.1, 0.15) is 11.5 Å². The van der Waals surface area contributed by atoms with Crippen LogP contribution in [0.15, 0.2) is 12.4 Å². The zero-order valence-electron chi connectivity index (χ0n) is 11.7. The van der Waals surface area contributed by atoms with Crippen molar-refractivity contribution in [3.8, 4) is 0 Å². The number of hydrogen-bond donors (Lipinski definition) is 2. The van der Waals surface area contributed by atoms with E-state index in [2.05, 4.69) is 34.6 Å². The first-order valence-corrected chi connectivity index (χ1v) is 6.71. The third kappa shape index (κ3) is 3.20. The molecule has 0 aromatic carbocycles. The summed E-state index contributed by atoms with van der Waals surface area (Å²) in [4.78, 5) is 20.4. The van der Waals surface area contributed by atoms with Crippen LogP contribution in [-0.2, 0) is 0 Å². The maximum Gasteiger partial charge on any atom is 0.285 e. The molecule has 1 aliphatic rings. The molecule has 6 heteroatoms. The molecule has 0 spiro atoms. The molecule has 2 atom stereocenters. The average molecular weight is 263 g/mol. The predicted octanol–water partition coefficient (Wildman–Crippen LogP) is 1.43. The molecule has 1 fully saturated rings. The fraction of sp³-hybridized carbons (Fsp3) is 0.615. The minimum atomic E-state index is -0.204. The molecule has 6 nitrogen and oxygen atoms in total. The van der Waals surface area contributed by atoms with Gasteiger partial charge in [-0.05, 0) is 26.7 Å². The number of piperidine rings is 1. The third-order valence-electron chi connectivity index (χ3n) is 3.55. The summed E-state index contributed by atoms with van der Waals surface area (Å²) in [5.41, 5.74) is 3.28. The van der Waals surface area contributed by atoms with Crippen LogP contribution in [0.2, 0.25) is 0 Å². The van der Waals surface area contributed by atoms with Gasteiger partial charge in [0.05, 0.1) is 12.4 Å². The monoisotopic (exact) mass is 263 g/mol. The quantitative estimate of drug-likeness (QED) is 0.863. The molecule has 1 aromatic rings. The van der Waals surface area contributed by atoms with Gasteiger partial charge in [-0.15, -0.1) is 0 Å². The van der Waals surface area contributed by atoms with Crippen molar-refractivity contribution in [2.45, 2.75) is 45.2 Å². The van der Waals surface area contributed by atoms with E-state index < -0.39 is 0 Å². The number of carbonyl (C=O) groups is 1. The number of rotatable bonds is 3. The predicted molar refractivity (Wildman–Crippen MR) is 73.7 cm³/mol. The summed E-state index contributed by atoms with van der Waals surface area (Å²) < 4.78 is 0. The highest BCUT2D eigenvalue weighted by Crippen LogP contribution is 2.20. The van der Waals surface area contributed by atoms with Crippen molar-refractivity contribution in [1.29, 1.82) is 0 Å². The summed E-state index contributed by atoms with van der Waals surface area (Å²) in [5.74, 6) is 0.387. The van der Waals surface area contributed by atoms with Gasteiger partial charge in [-0.2, -0.15) is 0 Å². The van der Waals surface area contributed by atoms with Crippen molar-refractivity contribution in [3.63, 3.8) is 0 Å². The number of carbonyl (C=O) groups excluding carboxylic acids is 1. The number of amides is 1. The first-order valence-electron chi connectivity index (χ1n) is 6.71. The normalized spacial score (nSPS) is 23.9. The molecule has 2 unspecified atom stereocenters. The topological polar surface area (TPSA) is 70.2 Å². The van der Waals surface area contributed by atoms with Gasteiger partial charge in [0, 0.05) is 19.1 Å². The Balaban J connectivity index is 2.07. The van der Waals surface area contributed by atoms with E-state index >= 15 is 0 Å². The third-order valence-corrected chi connectivity index (χ3v) is 3.55. The molecule has 2 N–H and O–H groups in total. The molecule has 0 radical (unpaired) electrons. The second-order valence-corrected chi connectivity index (χ2v) is 5.02. The molecule has 0 bridgehead atoms. The molecule has 1 saturated heterocycles. The number of anilines is 1. The van der Waals surface area contributed by atoms with Crippen LogP contribution in [0.4, 0.5) is 5.82 Å². The highest BCUT2D eigenvalue weighted by atomic mass is 16.2. The fourth-order valence-corrected chi connectivity index (χ4v) is 2.41. The SMILES string of the molecule is CNc1cncc(C(=O)NN2C(C)CCCC2C)n1. The summed E-state index contributed by atoms with van der Waals surface area (Å²) in [7, 11) is 1.75. The van der Waals surface area contributed by atoms with E-state index in [1.54, 1.807) is 13.2 Å². The van der Waals surface area contributed by atoms with Crippen LogP contribution >= 0.6 is 0 Å². The minimum Gasteiger partial charge on any atom is -0.372 e. The molecule has 104 valence electrons. The molecular weight excluding hydrogens is 242 g/mol. The van der Waals surface area contributed by atoms with Crippen molar-refractivity contribution in [2.75, 3.05) is 12.4 Å². The van der Waals surface area contributed by atoms with E-state index in [9.17, 15) is 4.79 Å². The van der Waals surface area contributed by atoms with E-state index in [4.69, 9.17) is 0 Å². The standard InChI is InChI=1S/C13H21N5O/c1-9-5-4-6-10(2)18(9)17-13(19)11-7-15-8-12(14-3)16-11/h7-10H,4-6H2,1-3H3,(H,14,16)(H,17,19). The summed E-state index contributed by atoms with van der Waals surface area (Å²) in [6.45, 7) is 4.26. The molecular formula is C13H21N5O. The number of hydrogen-bond acceptors (Lipinski definition) is 5. The van der Waals surface area contributed by atoms with Crippen LogP contribution in [0, 0.1) is 0 Å².